The summed E-state index contributed by atoms with van der Waals surface area (Å²) in [5.74, 6) is 2.03. The van der Waals surface area contributed by atoms with Crippen LogP contribution in [0.3, 0.4) is 0 Å². The van der Waals surface area contributed by atoms with Crippen LogP contribution in [0.15, 0.2) is 17.4 Å². The lowest BCUT2D eigenvalue weighted by Crippen LogP contribution is -2.23. The van der Waals surface area contributed by atoms with Gasteiger partial charge in [-0.1, -0.05) is 6.08 Å². The molecule has 0 aliphatic heterocycles. The zero-order valence-electron chi connectivity index (χ0n) is 13.5. The van der Waals surface area contributed by atoms with Crippen LogP contribution in [-0.4, -0.2) is 28.2 Å². The van der Waals surface area contributed by atoms with Crippen LogP contribution < -0.4 is 10.9 Å². The first-order chi connectivity index (χ1) is 11.7. The van der Waals surface area contributed by atoms with Crippen molar-refractivity contribution in [2.45, 2.75) is 37.9 Å². The molecule has 0 radical (unpaired) electrons. The molecule has 0 unspecified atom stereocenters. The second-order valence-electron chi connectivity index (χ2n) is 5.80. The van der Waals surface area contributed by atoms with Gasteiger partial charge >= 0.3 is 0 Å². The predicted octanol–water partition coefficient (Wildman–Crippen LogP) is 2.79. The van der Waals surface area contributed by atoms with E-state index in [1.54, 1.807) is 29.2 Å². The number of carbonyl (C=O) groups excluding carboxylic acids is 1. The summed E-state index contributed by atoms with van der Waals surface area (Å²) in [7, 11) is 0. The number of amides is 1. The summed E-state index contributed by atoms with van der Waals surface area (Å²) in [4.78, 5) is 33.7. The van der Waals surface area contributed by atoms with Crippen LogP contribution in [-0.2, 0) is 23.4 Å². The number of rotatable bonds is 7. The van der Waals surface area contributed by atoms with Crippen molar-refractivity contribution in [2.75, 3.05) is 12.3 Å². The molecule has 0 aromatic carbocycles. The van der Waals surface area contributed by atoms with E-state index in [1.165, 1.54) is 16.9 Å². The summed E-state index contributed by atoms with van der Waals surface area (Å²) >= 11 is 3.27. The van der Waals surface area contributed by atoms with Crippen molar-refractivity contribution in [3.05, 3.63) is 39.3 Å². The van der Waals surface area contributed by atoms with E-state index >= 15 is 0 Å². The van der Waals surface area contributed by atoms with Crippen molar-refractivity contribution in [3.8, 4) is 0 Å². The minimum absolute atomic E-state index is 0.0151. The third-order valence-electron chi connectivity index (χ3n) is 4.03. The smallest absolute Gasteiger partial charge is 0.259 e. The highest BCUT2D eigenvalue weighted by Gasteiger charge is 2.19. The zero-order chi connectivity index (χ0) is 16.9. The molecule has 1 aliphatic rings. The first-order valence-electron chi connectivity index (χ1n) is 8.18. The Balaban J connectivity index is 1.63. The Labute approximate surface area is 149 Å². The number of hydrogen-bond donors (Lipinski definition) is 2. The number of aromatic nitrogens is 2. The third kappa shape index (κ3) is 3.89. The number of fused-ring (bicyclic) bond motifs is 3. The fourth-order valence-electron chi connectivity index (χ4n) is 2.88. The van der Waals surface area contributed by atoms with Gasteiger partial charge in [0.1, 0.15) is 10.7 Å². The van der Waals surface area contributed by atoms with Gasteiger partial charge < -0.3 is 10.3 Å². The highest BCUT2D eigenvalue weighted by Crippen LogP contribution is 2.33. The van der Waals surface area contributed by atoms with Crippen molar-refractivity contribution >= 4 is 39.2 Å². The molecule has 0 saturated carbocycles. The monoisotopic (exact) mass is 363 g/mol. The fourth-order valence-corrected chi connectivity index (χ4v) is 4.97. The van der Waals surface area contributed by atoms with Crippen molar-refractivity contribution in [2.24, 2.45) is 0 Å². The molecule has 0 fully saturated rings. The minimum atomic E-state index is -0.0151. The van der Waals surface area contributed by atoms with Crippen molar-refractivity contribution in [1.82, 2.24) is 15.3 Å². The first kappa shape index (κ1) is 17.2. The van der Waals surface area contributed by atoms with Gasteiger partial charge in [-0.05, 0) is 31.2 Å². The number of H-pyrrole nitrogens is 1. The molecular weight excluding hydrogens is 342 g/mol. The number of aromatic amines is 1. The van der Waals surface area contributed by atoms with Gasteiger partial charge in [-0.3, -0.25) is 9.59 Å². The van der Waals surface area contributed by atoms with Crippen LogP contribution in [0.2, 0.25) is 0 Å². The molecule has 2 aromatic rings. The van der Waals surface area contributed by atoms with E-state index in [0.717, 1.165) is 29.5 Å². The van der Waals surface area contributed by atoms with Gasteiger partial charge in [0.05, 0.1) is 11.1 Å². The summed E-state index contributed by atoms with van der Waals surface area (Å²) < 4.78 is 0. The van der Waals surface area contributed by atoms with Crippen molar-refractivity contribution in [3.63, 3.8) is 0 Å². The SMILES string of the molecule is C=CCNC(=O)CCSCc1nc2sc3c(c2c(=O)[nH]1)CCCC3. The minimum Gasteiger partial charge on any atom is -0.353 e. The lowest BCUT2D eigenvalue weighted by atomic mass is 9.97. The predicted molar refractivity (Wildman–Crippen MR) is 101 cm³/mol. The highest BCUT2D eigenvalue weighted by molar-refractivity contribution is 7.98. The summed E-state index contributed by atoms with van der Waals surface area (Å²) in [6.45, 7) is 4.06. The van der Waals surface area contributed by atoms with Crippen LogP contribution >= 0.6 is 23.1 Å². The maximum absolute atomic E-state index is 12.4. The Kier molecular flexibility index (Phi) is 5.73. The molecule has 2 heterocycles. The van der Waals surface area contributed by atoms with Gasteiger partial charge in [0, 0.05) is 23.6 Å². The molecule has 128 valence electrons. The average molecular weight is 364 g/mol. The average Bonchev–Trinajstić information content (AvgIpc) is 2.95. The molecule has 2 aromatic heterocycles. The van der Waals surface area contributed by atoms with E-state index in [9.17, 15) is 9.59 Å². The van der Waals surface area contributed by atoms with Gasteiger partial charge in [-0.15, -0.1) is 17.9 Å². The Morgan fingerprint density at radius 1 is 1.42 bits per heavy atom. The largest absolute Gasteiger partial charge is 0.353 e. The molecule has 1 amide bonds. The summed E-state index contributed by atoms with van der Waals surface area (Å²) in [6.07, 6.45) is 6.54. The maximum atomic E-state index is 12.4. The molecule has 0 saturated heterocycles. The number of nitrogens with zero attached hydrogens (tertiary/aromatic N) is 1. The number of hydrogen-bond acceptors (Lipinski definition) is 5. The second-order valence-corrected chi connectivity index (χ2v) is 7.99. The fraction of sp³-hybridized carbons (Fsp3) is 0.471. The summed E-state index contributed by atoms with van der Waals surface area (Å²) in [5.41, 5.74) is 1.20. The van der Waals surface area contributed by atoms with Crippen LogP contribution in [0, 0.1) is 0 Å². The van der Waals surface area contributed by atoms with Crippen LogP contribution in [0.4, 0.5) is 0 Å². The molecule has 0 atom stereocenters. The lowest BCUT2D eigenvalue weighted by Gasteiger charge is -2.09. The van der Waals surface area contributed by atoms with E-state index < -0.39 is 0 Å². The number of thioether (sulfide) groups is 1. The summed E-state index contributed by atoms with van der Waals surface area (Å²) in [6, 6.07) is 0. The zero-order valence-corrected chi connectivity index (χ0v) is 15.2. The number of aryl methyl sites for hydroxylation is 2. The molecule has 7 heteroatoms. The van der Waals surface area contributed by atoms with Crippen LogP contribution in [0.25, 0.3) is 10.2 Å². The molecule has 2 N–H and O–H groups in total. The molecule has 1 aliphatic carbocycles. The Morgan fingerprint density at radius 3 is 3.08 bits per heavy atom. The van der Waals surface area contributed by atoms with Crippen molar-refractivity contribution in [1.29, 1.82) is 0 Å². The number of carbonyl (C=O) groups is 1. The molecule has 0 spiro atoms. The number of thiophene rings is 1. The first-order valence-corrected chi connectivity index (χ1v) is 10.1. The van der Waals surface area contributed by atoms with Crippen LogP contribution in [0.1, 0.15) is 35.5 Å². The maximum Gasteiger partial charge on any atom is 0.259 e. The molecule has 3 rings (SSSR count). The van der Waals surface area contributed by atoms with Crippen LogP contribution in [0.5, 0.6) is 0 Å². The Morgan fingerprint density at radius 2 is 2.25 bits per heavy atom. The van der Waals surface area contributed by atoms with Gasteiger partial charge in [-0.2, -0.15) is 11.8 Å². The standard InChI is InChI=1S/C17H21N3O2S2/c1-2-8-18-14(21)7-9-23-10-13-19-16(22)15-11-5-3-4-6-12(11)24-17(15)20-13/h2H,1,3-10H2,(H,18,21)(H,19,20,22). The molecule has 24 heavy (non-hydrogen) atoms. The quantitative estimate of drug-likeness (QED) is 0.586. The van der Waals surface area contributed by atoms with Gasteiger partial charge in [-0.25, -0.2) is 4.98 Å². The molecule has 5 nitrogen and oxygen atoms in total. The number of nitrogens with one attached hydrogen (secondary N) is 2. The van der Waals surface area contributed by atoms with E-state index in [1.807, 2.05) is 0 Å². The van der Waals surface area contributed by atoms with Crippen molar-refractivity contribution < 1.29 is 4.79 Å². The Hall–Kier alpha value is -1.60. The topological polar surface area (TPSA) is 74.8 Å². The second kappa shape index (κ2) is 7.98. The van der Waals surface area contributed by atoms with E-state index in [4.69, 9.17) is 0 Å². The van der Waals surface area contributed by atoms with E-state index in [2.05, 4.69) is 21.9 Å². The molecular formula is C17H21N3O2S2. The normalized spacial score (nSPS) is 13.7. The lowest BCUT2D eigenvalue weighted by molar-refractivity contribution is -0.120. The summed E-state index contributed by atoms with van der Waals surface area (Å²) in [5, 5.41) is 3.55. The van der Waals surface area contributed by atoms with E-state index in [-0.39, 0.29) is 11.5 Å². The highest BCUT2D eigenvalue weighted by atomic mass is 32.2. The van der Waals surface area contributed by atoms with E-state index in [0.29, 0.717) is 30.3 Å². The third-order valence-corrected chi connectivity index (χ3v) is 6.19. The Bertz CT molecular complexity index is 810. The van der Waals surface area contributed by atoms with Gasteiger partial charge in [0.2, 0.25) is 5.91 Å². The molecule has 0 bridgehead atoms. The van der Waals surface area contributed by atoms with Gasteiger partial charge in [0.25, 0.3) is 5.56 Å². The van der Waals surface area contributed by atoms with Gasteiger partial charge in [0.15, 0.2) is 0 Å².